The second-order valence-electron chi connectivity index (χ2n) is 4.48. The topological polar surface area (TPSA) is 20.2 Å². The van der Waals surface area contributed by atoms with E-state index >= 15 is 0 Å². The molecule has 2 aromatic rings. The summed E-state index contributed by atoms with van der Waals surface area (Å²) in [5, 5.41) is 10.1. The zero-order chi connectivity index (χ0) is 14.0. The van der Waals surface area contributed by atoms with E-state index in [-0.39, 0.29) is 6.42 Å². The predicted molar refractivity (Wildman–Crippen MR) is 73.9 cm³/mol. The molecule has 0 heterocycles. The fraction of sp³-hybridized carbons (Fsp3) is 0.200. The van der Waals surface area contributed by atoms with Gasteiger partial charge in [0.2, 0.25) is 0 Å². The highest BCUT2D eigenvalue weighted by molar-refractivity contribution is 9.10. The first-order valence-corrected chi connectivity index (χ1v) is 6.64. The van der Waals surface area contributed by atoms with Crippen molar-refractivity contribution in [2.24, 2.45) is 0 Å². The Balaban J connectivity index is 2.23. The van der Waals surface area contributed by atoms with E-state index in [1.165, 1.54) is 12.1 Å². The molecular weight excluding hydrogens is 314 g/mol. The molecule has 1 nitrogen and oxygen atoms in total. The minimum atomic E-state index is -0.838. The molecule has 0 aromatic heterocycles. The van der Waals surface area contributed by atoms with Crippen LogP contribution in [-0.2, 0) is 6.42 Å². The molecule has 0 amide bonds. The van der Waals surface area contributed by atoms with E-state index in [0.717, 1.165) is 16.1 Å². The first-order valence-electron chi connectivity index (χ1n) is 5.85. The molecule has 0 aliphatic carbocycles. The molecule has 0 spiro atoms. The van der Waals surface area contributed by atoms with Crippen molar-refractivity contribution >= 4 is 15.9 Å². The highest BCUT2D eigenvalue weighted by Gasteiger charge is 2.14. The van der Waals surface area contributed by atoms with Crippen molar-refractivity contribution in [3.63, 3.8) is 0 Å². The highest BCUT2D eigenvalue weighted by Crippen LogP contribution is 2.27. The lowest BCUT2D eigenvalue weighted by atomic mass is 10.00. The Kier molecular flexibility index (Phi) is 4.32. The molecule has 100 valence electrons. The Morgan fingerprint density at radius 1 is 1.16 bits per heavy atom. The van der Waals surface area contributed by atoms with Crippen LogP contribution < -0.4 is 0 Å². The van der Waals surface area contributed by atoms with Crippen molar-refractivity contribution in [3.05, 3.63) is 69.2 Å². The van der Waals surface area contributed by atoms with Crippen molar-refractivity contribution in [3.8, 4) is 0 Å². The second-order valence-corrected chi connectivity index (χ2v) is 5.33. The van der Waals surface area contributed by atoms with Gasteiger partial charge in [-0.1, -0.05) is 34.1 Å². The fourth-order valence-corrected chi connectivity index (χ4v) is 2.67. The van der Waals surface area contributed by atoms with Gasteiger partial charge in [-0.05, 0) is 35.7 Å². The summed E-state index contributed by atoms with van der Waals surface area (Å²) in [4.78, 5) is 0. The zero-order valence-electron chi connectivity index (χ0n) is 10.3. The predicted octanol–water partition coefficient (Wildman–Crippen LogP) is 4.31. The quantitative estimate of drug-likeness (QED) is 0.891. The van der Waals surface area contributed by atoms with E-state index in [1.54, 1.807) is 6.07 Å². The molecule has 1 atom stereocenters. The summed E-state index contributed by atoms with van der Waals surface area (Å²) in [7, 11) is 0. The number of aliphatic hydroxyl groups is 1. The summed E-state index contributed by atoms with van der Waals surface area (Å²) >= 11 is 3.38. The maximum absolute atomic E-state index is 13.5. The maximum Gasteiger partial charge on any atom is 0.129 e. The Labute approximate surface area is 119 Å². The Bertz CT molecular complexity index is 599. The summed E-state index contributed by atoms with van der Waals surface area (Å²) < 4.78 is 27.1. The number of aryl methyl sites for hydroxylation is 1. The Hall–Kier alpha value is -1.26. The van der Waals surface area contributed by atoms with Crippen LogP contribution in [0.3, 0.4) is 0 Å². The average Bonchev–Trinajstić information content (AvgIpc) is 2.32. The summed E-state index contributed by atoms with van der Waals surface area (Å²) in [5.74, 6) is -1.26. The van der Waals surface area contributed by atoms with Gasteiger partial charge < -0.3 is 5.11 Å². The van der Waals surface area contributed by atoms with Crippen molar-refractivity contribution in [1.82, 2.24) is 0 Å². The minimum Gasteiger partial charge on any atom is -0.388 e. The van der Waals surface area contributed by atoms with E-state index < -0.39 is 17.7 Å². The first kappa shape index (κ1) is 14.2. The van der Waals surface area contributed by atoms with Crippen LogP contribution in [0.4, 0.5) is 8.78 Å². The third-order valence-corrected chi connectivity index (χ3v) is 3.63. The van der Waals surface area contributed by atoms with Gasteiger partial charge in [0.15, 0.2) is 0 Å². The van der Waals surface area contributed by atoms with E-state index in [9.17, 15) is 13.9 Å². The monoisotopic (exact) mass is 326 g/mol. The van der Waals surface area contributed by atoms with Gasteiger partial charge in [0.05, 0.1) is 6.10 Å². The van der Waals surface area contributed by atoms with Crippen molar-refractivity contribution in [1.29, 1.82) is 0 Å². The van der Waals surface area contributed by atoms with E-state index in [4.69, 9.17) is 0 Å². The van der Waals surface area contributed by atoms with Gasteiger partial charge in [0, 0.05) is 17.0 Å². The summed E-state index contributed by atoms with van der Waals surface area (Å²) in [6.45, 7) is 1.95. The molecule has 0 aliphatic rings. The van der Waals surface area contributed by atoms with Crippen LogP contribution in [0.25, 0.3) is 0 Å². The SMILES string of the molecule is Cc1ccc(C(O)Cc2ccc(F)cc2F)c(Br)c1. The second kappa shape index (κ2) is 5.80. The van der Waals surface area contributed by atoms with Gasteiger partial charge in [0.1, 0.15) is 11.6 Å². The Morgan fingerprint density at radius 3 is 2.53 bits per heavy atom. The molecule has 19 heavy (non-hydrogen) atoms. The van der Waals surface area contributed by atoms with E-state index in [0.29, 0.717) is 11.1 Å². The third-order valence-electron chi connectivity index (χ3n) is 2.94. The number of rotatable bonds is 3. The molecule has 0 saturated heterocycles. The summed E-state index contributed by atoms with van der Waals surface area (Å²) in [6.07, 6.45) is -0.733. The number of aliphatic hydroxyl groups excluding tert-OH is 1. The molecule has 4 heteroatoms. The fourth-order valence-electron chi connectivity index (χ4n) is 1.91. The normalized spacial score (nSPS) is 12.5. The number of benzene rings is 2. The van der Waals surface area contributed by atoms with Crippen molar-refractivity contribution < 1.29 is 13.9 Å². The van der Waals surface area contributed by atoms with Gasteiger partial charge >= 0.3 is 0 Å². The molecule has 0 saturated carbocycles. The lowest BCUT2D eigenvalue weighted by molar-refractivity contribution is 0.176. The van der Waals surface area contributed by atoms with Crippen LogP contribution in [0.1, 0.15) is 22.8 Å². The molecule has 0 aliphatic heterocycles. The smallest absolute Gasteiger partial charge is 0.129 e. The van der Waals surface area contributed by atoms with E-state index in [2.05, 4.69) is 15.9 Å². The number of hydrogen-bond donors (Lipinski definition) is 1. The molecule has 1 unspecified atom stereocenters. The molecular formula is C15H13BrF2O. The van der Waals surface area contributed by atoms with Crippen LogP contribution in [0, 0.1) is 18.6 Å². The lowest BCUT2D eigenvalue weighted by Gasteiger charge is -2.14. The molecule has 2 aromatic carbocycles. The largest absolute Gasteiger partial charge is 0.388 e. The van der Waals surface area contributed by atoms with Gasteiger partial charge in [-0.25, -0.2) is 8.78 Å². The van der Waals surface area contributed by atoms with Crippen LogP contribution in [-0.4, -0.2) is 5.11 Å². The van der Waals surface area contributed by atoms with Crippen LogP contribution >= 0.6 is 15.9 Å². The number of halogens is 3. The van der Waals surface area contributed by atoms with Crippen molar-refractivity contribution in [2.45, 2.75) is 19.4 Å². The van der Waals surface area contributed by atoms with Crippen LogP contribution in [0.15, 0.2) is 40.9 Å². The standard InChI is InChI=1S/C15H13BrF2O/c1-9-2-5-12(13(16)6-9)15(19)7-10-3-4-11(17)8-14(10)18/h2-6,8,15,19H,7H2,1H3. The van der Waals surface area contributed by atoms with Crippen LogP contribution in [0.2, 0.25) is 0 Å². The summed E-state index contributed by atoms with van der Waals surface area (Å²) in [5.41, 5.74) is 2.05. The third kappa shape index (κ3) is 3.39. The van der Waals surface area contributed by atoms with Crippen molar-refractivity contribution in [2.75, 3.05) is 0 Å². The summed E-state index contributed by atoms with van der Waals surface area (Å²) in [6, 6.07) is 8.94. The van der Waals surface area contributed by atoms with Gasteiger partial charge in [-0.3, -0.25) is 0 Å². The first-order chi connectivity index (χ1) is 8.97. The van der Waals surface area contributed by atoms with Gasteiger partial charge in [-0.2, -0.15) is 0 Å². The molecule has 0 radical (unpaired) electrons. The Morgan fingerprint density at radius 2 is 1.89 bits per heavy atom. The maximum atomic E-state index is 13.5. The molecule has 1 N–H and O–H groups in total. The van der Waals surface area contributed by atoms with Crippen LogP contribution in [0.5, 0.6) is 0 Å². The highest BCUT2D eigenvalue weighted by atomic mass is 79.9. The minimum absolute atomic E-state index is 0.105. The van der Waals surface area contributed by atoms with Gasteiger partial charge in [0.25, 0.3) is 0 Å². The molecule has 0 bridgehead atoms. The van der Waals surface area contributed by atoms with Gasteiger partial charge in [-0.15, -0.1) is 0 Å². The lowest BCUT2D eigenvalue weighted by Crippen LogP contribution is -2.05. The molecule has 0 fully saturated rings. The molecule has 2 rings (SSSR count). The van der Waals surface area contributed by atoms with E-state index in [1.807, 2.05) is 19.1 Å². The number of hydrogen-bond acceptors (Lipinski definition) is 1. The zero-order valence-corrected chi connectivity index (χ0v) is 11.9. The average molecular weight is 327 g/mol.